The molecule has 170 valence electrons. The third-order valence-electron chi connectivity index (χ3n) is 6.25. The highest BCUT2D eigenvalue weighted by Gasteiger charge is 2.28. The van der Waals surface area contributed by atoms with Gasteiger partial charge in [-0.2, -0.15) is 5.10 Å². The summed E-state index contributed by atoms with van der Waals surface area (Å²) in [6.45, 7) is 6.43. The van der Waals surface area contributed by atoms with Crippen LogP contribution in [0.15, 0.2) is 41.1 Å². The number of aromatic nitrogens is 3. The maximum atomic E-state index is 12.5. The first-order valence-corrected chi connectivity index (χ1v) is 11.4. The van der Waals surface area contributed by atoms with Crippen LogP contribution in [0.3, 0.4) is 0 Å². The second-order valence-electron chi connectivity index (χ2n) is 8.97. The summed E-state index contributed by atoms with van der Waals surface area (Å²) in [5, 5.41) is 11.8. The average molecular weight is 437 g/mol. The van der Waals surface area contributed by atoms with Gasteiger partial charge in [0.2, 0.25) is 0 Å². The standard InChI is InChI=1S/C25H32N4O3/c1-16-5-11-21(12-6-16)31-18(3)25(30)26-14-19-7-9-20(10-8-19)24-22(15-29(4)27-24)23-13-17(2)28-32-23/h5-6,11-13,15,18-20H,7-10,14H2,1-4H3,(H,26,30). The van der Waals surface area contributed by atoms with Crippen molar-refractivity contribution in [3.8, 4) is 17.1 Å². The highest BCUT2D eigenvalue weighted by Crippen LogP contribution is 2.39. The second-order valence-corrected chi connectivity index (χ2v) is 8.97. The van der Waals surface area contributed by atoms with Gasteiger partial charge in [-0.1, -0.05) is 22.9 Å². The van der Waals surface area contributed by atoms with E-state index < -0.39 is 6.10 Å². The minimum Gasteiger partial charge on any atom is -0.481 e. The summed E-state index contributed by atoms with van der Waals surface area (Å²) in [7, 11) is 1.94. The number of carbonyl (C=O) groups is 1. The molecule has 0 bridgehead atoms. The van der Waals surface area contributed by atoms with Crippen molar-refractivity contribution in [1.82, 2.24) is 20.3 Å². The lowest BCUT2D eigenvalue weighted by molar-refractivity contribution is -0.127. The summed E-state index contributed by atoms with van der Waals surface area (Å²) in [6.07, 6.45) is 5.71. The zero-order valence-corrected chi connectivity index (χ0v) is 19.3. The Bertz CT molecular complexity index is 1050. The molecule has 2 aromatic heterocycles. The molecule has 0 saturated heterocycles. The number of nitrogens with zero attached hydrogens (tertiary/aromatic N) is 3. The van der Waals surface area contributed by atoms with Gasteiger partial charge < -0.3 is 14.6 Å². The van der Waals surface area contributed by atoms with Crippen molar-refractivity contribution >= 4 is 5.91 Å². The minimum atomic E-state index is -0.518. The Morgan fingerprint density at radius 2 is 1.94 bits per heavy atom. The molecule has 1 unspecified atom stereocenters. The second kappa shape index (κ2) is 9.59. The Kier molecular flexibility index (Phi) is 6.63. The van der Waals surface area contributed by atoms with Crippen LogP contribution in [0.4, 0.5) is 0 Å². The fourth-order valence-electron chi connectivity index (χ4n) is 4.39. The van der Waals surface area contributed by atoms with E-state index in [9.17, 15) is 4.79 Å². The van der Waals surface area contributed by atoms with E-state index in [4.69, 9.17) is 14.4 Å². The largest absolute Gasteiger partial charge is 0.481 e. The topological polar surface area (TPSA) is 82.2 Å². The first-order chi connectivity index (χ1) is 15.4. The maximum absolute atomic E-state index is 12.5. The van der Waals surface area contributed by atoms with Gasteiger partial charge in [-0.15, -0.1) is 0 Å². The lowest BCUT2D eigenvalue weighted by Gasteiger charge is -2.28. The number of aryl methyl sites for hydroxylation is 3. The van der Waals surface area contributed by atoms with Crippen molar-refractivity contribution in [2.75, 3.05) is 6.54 Å². The fraction of sp³-hybridized carbons (Fsp3) is 0.480. The van der Waals surface area contributed by atoms with Gasteiger partial charge in [0.05, 0.1) is 17.0 Å². The van der Waals surface area contributed by atoms with Crippen molar-refractivity contribution in [3.63, 3.8) is 0 Å². The van der Waals surface area contributed by atoms with Gasteiger partial charge in [0.1, 0.15) is 5.75 Å². The molecule has 3 aromatic rings. The van der Waals surface area contributed by atoms with E-state index in [1.54, 1.807) is 6.92 Å². The summed E-state index contributed by atoms with van der Waals surface area (Å²) < 4.78 is 13.1. The zero-order valence-electron chi connectivity index (χ0n) is 19.3. The van der Waals surface area contributed by atoms with Crippen LogP contribution in [0, 0.1) is 19.8 Å². The van der Waals surface area contributed by atoms with E-state index >= 15 is 0 Å². The van der Waals surface area contributed by atoms with Crippen LogP contribution < -0.4 is 10.1 Å². The monoisotopic (exact) mass is 436 g/mol. The van der Waals surface area contributed by atoms with Gasteiger partial charge in [0.25, 0.3) is 5.91 Å². The van der Waals surface area contributed by atoms with Gasteiger partial charge in [0, 0.05) is 31.8 Å². The van der Waals surface area contributed by atoms with Crippen molar-refractivity contribution < 1.29 is 14.1 Å². The zero-order chi connectivity index (χ0) is 22.7. The Balaban J connectivity index is 1.27. The summed E-state index contributed by atoms with van der Waals surface area (Å²) in [5.41, 5.74) is 4.16. The van der Waals surface area contributed by atoms with E-state index in [1.165, 1.54) is 5.56 Å². The Hall–Kier alpha value is -3.09. The smallest absolute Gasteiger partial charge is 0.260 e. The summed E-state index contributed by atoms with van der Waals surface area (Å²) in [6, 6.07) is 9.71. The fourth-order valence-corrected chi connectivity index (χ4v) is 4.39. The third kappa shape index (κ3) is 5.21. The Morgan fingerprint density at radius 1 is 1.22 bits per heavy atom. The first-order valence-electron chi connectivity index (χ1n) is 11.4. The van der Waals surface area contributed by atoms with Gasteiger partial charge in [0.15, 0.2) is 11.9 Å². The molecule has 4 rings (SSSR count). The predicted molar refractivity (Wildman–Crippen MR) is 122 cm³/mol. The number of benzene rings is 1. The number of nitrogens with one attached hydrogen (secondary N) is 1. The molecule has 7 nitrogen and oxygen atoms in total. The minimum absolute atomic E-state index is 0.0691. The van der Waals surface area contributed by atoms with Crippen LogP contribution in [0.2, 0.25) is 0 Å². The molecule has 1 aromatic carbocycles. The molecule has 7 heteroatoms. The number of hydrogen-bond acceptors (Lipinski definition) is 5. The van der Waals surface area contributed by atoms with Crippen molar-refractivity contribution in [1.29, 1.82) is 0 Å². The third-order valence-corrected chi connectivity index (χ3v) is 6.25. The number of hydrogen-bond donors (Lipinski definition) is 1. The van der Waals surface area contributed by atoms with Crippen molar-refractivity contribution in [2.24, 2.45) is 13.0 Å². The van der Waals surface area contributed by atoms with E-state index in [1.807, 2.05) is 62.1 Å². The molecule has 1 amide bonds. The molecule has 0 radical (unpaired) electrons. The molecular weight excluding hydrogens is 404 g/mol. The van der Waals surface area contributed by atoms with Gasteiger partial charge >= 0.3 is 0 Å². The van der Waals surface area contributed by atoms with Crippen LogP contribution in [-0.2, 0) is 11.8 Å². The molecule has 1 aliphatic carbocycles. The predicted octanol–water partition coefficient (Wildman–Crippen LogP) is 4.55. The number of amides is 1. The molecule has 1 fully saturated rings. The van der Waals surface area contributed by atoms with Crippen LogP contribution >= 0.6 is 0 Å². The lowest BCUT2D eigenvalue weighted by atomic mass is 9.79. The highest BCUT2D eigenvalue weighted by atomic mass is 16.5. The van der Waals surface area contributed by atoms with Crippen LogP contribution in [0.25, 0.3) is 11.3 Å². The van der Waals surface area contributed by atoms with Crippen LogP contribution in [0.5, 0.6) is 5.75 Å². The summed E-state index contributed by atoms with van der Waals surface area (Å²) in [5.74, 6) is 2.30. The van der Waals surface area contributed by atoms with Gasteiger partial charge in [-0.05, 0) is 64.5 Å². The normalized spacial score (nSPS) is 19.5. The molecule has 1 saturated carbocycles. The van der Waals surface area contributed by atoms with Crippen molar-refractivity contribution in [3.05, 3.63) is 53.5 Å². The molecule has 32 heavy (non-hydrogen) atoms. The van der Waals surface area contributed by atoms with E-state index in [2.05, 4.69) is 10.5 Å². The number of rotatable bonds is 7. The molecule has 2 heterocycles. The highest BCUT2D eigenvalue weighted by molar-refractivity contribution is 5.80. The molecule has 1 N–H and O–H groups in total. The molecule has 0 aliphatic heterocycles. The maximum Gasteiger partial charge on any atom is 0.260 e. The first kappa shape index (κ1) is 22.1. The quantitative estimate of drug-likeness (QED) is 0.588. The summed E-state index contributed by atoms with van der Waals surface area (Å²) in [4.78, 5) is 12.5. The molecule has 1 atom stereocenters. The van der Waals surface area contributed by atoms with Crippen molar-refractivity contribution in [2.45, 2.75) is 58.5 Å². The van der Waals surface area contributed by atoms with Crippen LogP contribution in [-0.4, -0.2) is 33.5 Å². The van der Waals surface area contributed by atoms with Crippen LogP contribution in [0.1, 0.15) is 55.5 Å². The Morgan fingerprint density at radius 3 is 2.59 bits per heavy atom. The van der Waals surface area contributed by atoms with Gasteiger partial charge in [-0.25, -0.2) is 0 Å². The SMILES string of the molecule is Cc1ccc(OC(C)C(=O)NCC2CCC(c3nn(C)cc3-c3cc(C)no3)CC2)cc1. The lowest BCUT2D eigenvalue weighted by Crippen LogP contribution is -2.39. The average Bonchev–Trinajstić information content (AvgIpc) is 3.39. The number of carbonyl (C=O) groups excluding carboxylic acids is 1. The van der Waals surface area contributed by atoms with E-state index in [0.717, 1.165) is 48.4 Å². The van der Waals surface area contributed by atoms with E-state index in [0.29, 0.717) is 24.1 Å². The molecule has 1 aliphatic rings. The molecule has 0 spiro atoms. The summed E-state index contributed by atoms with van der Waals surface area (Å²) >= 11 is 0. The number of ether oxygens (including phenoxy) is 1. The molecular formula is C25H32N4O3. The van der Waals surface area contributed by atoms with Gasteiger partial charge in [-0.3, -0.25) is 9.48 Å². The van der Waals surface area contributed by atoms with E-state index in [-0.39, 0.29) is 5.91 Å². The Labute approximate surface area is 189 Å².